The van der Waals surface area contributed by atoms with E-state index in [0.29, 0.717) is 6.04 Å². The van der Waals surface area contributed by atoms with Crippen LogP contribution in [0.25, 0.3) is 0 Å². The van der Waals surface area contributed by atoms with Crippen molar-refractivity contribution in [3.8, 4) is 0 Å². The Bertz CT molecular complexity index is 390. The first-order chi connectivity index (χ1) is 8.19. The molecular weight excluding hydrogens is 212 g/mol. The maximum Gasteiger partial charge on any atom is 0.115 e. The molecule has 1 saturated heterocycles. The van der Waals surface area contributed by atoms with Gasteiger partial charge in [-0.25, -0.2) is 9.97 Å². The van der Waals surface area contributed by atoms with E-state index in [0.717, 1.165) is 24.7 Å². The smallest absolute Gasteiger partial charge is 0.115 e. The molecule has 4 heteroatoms. The van der Waals surface area contributed by atoms with Crippen LogP contribution in [0.1, 0.15) is 26.7 Å². The van der Waals surface area contributed by atoms with Gasteiger partial charge < -0.3 is 10.2 Å². The fourth-order valence-electron chi connectivity index (χ4n) is 2.84. The van der Waals surface area contributed by atoms with E-state index in [1.807, 2.05) is 12.4 Å². The predicted molar refractivity (Wildman–Crippen MR) is 68.0 cm³/mol. The van der Waals surface area contributed by atoms with E-state index in [-0.39, 0.29) is 5.54 Å². The topological polar surface area (TPSA) is 41.0 Å². The summed E-state index contributed by atoms with van der Waals surface area (Å²) in [6.45, 7) is 6.72. The molecule has 0 bridgehead atoms. The third-order valence-corrected chi connectivity index (χ3v) is 4.19. The van der Waals surface area contributed by atoms with Crippen molar-refractivity contribution in [2.75, 3.05) is 18.0 Å². The number of aromatic nitrogens is 2. The van der Waals surface area contributed by atoms with Gasteiger partial charge in [-0.1, -0.05) is 0 Å². The highest BCUT2D eigenvalue weighted by atomic mass is 15.3. The molecule has 1 aliphatic heterocycles. The zero-order valence-electron chi connectivity index (χ0n) is 10.6. The standard InChI is InChI=1S/C13H20N4/c1-10-5-16-13(2,11-3-4-11)8-17(10)12-6-14-9-15-7-12/h6-7,9-11,16H,3-5,8H2,1-2H3. The molecule has 2 unspecified atom stereocenters. The summed E-state index contributed by atoms with van der Waals surface area (Å²) in [4.78, 5) is 10.7. The Labute approximate surface area is 102 Å². The second-order valence-corrected chi connectivity index (χ2v) is 5.65. The molecule has 1 aromatic heterocycles. The molecule has 1 aromatic rings. The molecular formula is C13H20N4. The summed E-state index contributed by atoms with van der Waals surface area (Å²) in [5, 5.41) is 3.72. The molecule has 2 aliphatic rings. The molecule has 2 atom stereocenters. The second kappa shape index (κ2) is 3.95. The van der Waals surface area contributed by atoms with Crippen LogP contribution in [0, 0.1) is 5.92 Å². The van der Waals surface area contributed by atoms with Crippen molar-refractivity contribution in [1.29, 1.82) is 0 Å². The van der Waals surface area contributed by atoms with Crippen molar-refractivity contribution in [1.82, 2.24) is 15.3 Å². The number of rotatable bonds is 2. The molecule has 0 amide bonds. The zero-order chi connectivity index (χ0) is 11.9. The third kappa shape index (κ3) is 2.02. The number of anilines is 1. The van der Waals surface area contributed by atoms with E-state index in [1.54, 1.807) is 6.33 Å². The third-order valence-electron chi connectivity index (χ3n) is 4.19. The van der Waals surface area contributed by atoms with Gasteiger partial charge in [-0.05, 0) is 32.6 Å². The zero-order valence-corrected chi connectivity index (χ0v) is 10.6. The van der Waals surface area contributed by atoms with Gasteiger partial charge in [0, 0.05) is 24.7 Å². The molecule has 1 saturated carbocycles. The van der Waals surface area contributed by atoms with Crippen LogP contribution in [0.4, 0.5) is 5.69 Å². The van der Waals surface area contributed by atoms with E-state index in [4.69, 9.17) is 0 Å². The monoisotopic (exact) mass is 232 g/mol. The molecule has 1 aliphatic carbocycles. The molecule has 3 rings (SSSR count). The molecule has 2 heterocycles. The lowest BCUT2D eigenvalue weighted by Gasteiger charge is -2.46. The minimum atomic E-state index is 0.266. The average Bonchev–Trinajstić information content (AvgIpc) is 3.18. The summed E-state index contributed by atoms with van der Waals surface area (Å²) in [5.41, 5.74) is 1.41. The van der Waals surface area contributed by atoms with Gasteiger partial charge in [-0.3, -0.25) is 0 Å². The van der Waals surface area contributed by atoms with Gasteiger partial charge in [0.25, 0.3) is 0 Å². The fourth-order valence-corrected chi connectivity index (χ4v) is 2.84. The SMILES string of the molecule is CC1CNC(C)(C2CC2)CN1c1cncnc1. The predicted octanol–water partition coefficient (Wildman–Crippen LogP) is 1.44. The van der Waals surface area contributed by atoms with Gasteiger partial charge >= 0.3 is 0 Å². The Kier molecular flexibility index (Phi) is 2.54. The van der Waals surface area contributed by atoms with Gasteiger partial charge in [-0.2, -0.15) is 0 Å². The summed E-state index contributed by atoms with van der Waals surface area (Å²) in [7, 11) is 0. The van der Waals surface area contributed by atoms with Crippen molar-refractivity contribution in [2.45, 2.75) is 38.3 Å². The second-order valence-electron chi connectivity index (χ2n) is 5.65. The van der Waals surface area contributed by atoms with Crippen LogP contribution in [-0.2, 0) is 0 Å². The Hall–Kier alpha value is -1.16. The Morgan fingerprint density at radius 2 is 2.06 bits per heavy atom. The van der Waals surface area contributed by atoms with Gasteiger partial charge in [0.2, 0.25) is 0 Å². The number of nitrogens with zero attached hydrogens (tertiary/aromatic N) is 3. The largest absolute Gasteiger partial charge is 0.363 e. The van der Waals surface area contributed by atoms with Gasteiger partial charge in [0.05, 0.1) is 18.1 Å². The van der Waals surface area contributed by atoms with Crippen LogP contribution in [0.2, 0.25) is 0 Å². The normalized spacial score (nSPS) is 33.8. The number of hydrogen-bond donors (Lipinski definition) is 1. The fraction of sp³-hybridized carbons (Fsp3) is 0.692. The number of hydrogen-bond acceptors (Lipinski definition) is 4. The Balaban J connectivity index is 1.82. The lowest BCUT2D eigenvalue weighted by atomic mass is 9.91. The van der Waals surface area contributed by atoms with Crippen LogP contribution in [0.5, 0.6) is 0 Å². The van der Waals surface area contributed by atoms with Crippen molar-refractivity contribution in [3.05, 3.63) is 18.7 Å². The van der Waals surface area contributed by atoms with Crippen LogP contribution < -0.4 is 10.2 Å². The van der Waals surface area contributed by atoms with Gasteiger partial charge in [0.1, 0.15) is 6.33 Å². The average molecular weight is 232 g/mol. The maximum atomic E-state index is 4.13. The Morgan fingerprint density at radius 3 is 2.71 bits per heavy atom. The number of piperazine rings is 1. The quantitative estimate of drug-likeness (QED) is 0.838. The lowest BCUT2D eigenvalue weighted by Crippen LogP contribution is -2.63. The van der Waals surface area contributed by atoms with Crippen LogP contribution in [0.3, 0.4) is 0 Å². The molecule has 0 radical (unpaired) electrons. The number of nitrogens with one attached hydrogen (secondary N) is 1. The summed E-state index contributed by atoms with van der Waals surface area (Å²) in [6, 6.07) is 0.507. The van der Waals surface area contributed by atoms with Crippen LogP contribution in [-0.4, -0.2) is 34.6 Å². The van der Waals surface area contributed by atoms with Crippen LogP contribution in [0.15, 0.2) is 18.7 Å². The van der Waals surface area contributed by atoms with Crippen molar-refractivity contribution < 1.29 is 0 Å². The molecule has 17 heavy (non-hydrogen) atoms. The van der Waals surface area contributed by atoms with E-state index in [9.17, 15) is 0 Å². The van der Waals surface area contributed by atoms with Crippen molar-refractivity contribution >= 4 is 5.69 Å². The maximum absolute atomic E-state index is 4.13. The summed E-state index contributed by atoms with van der Waals surface area (Å²) < 4.78 is 0. The highest BCUT2D eigenvalue weighted by molar-refractivity contribution is 5.44. The van der Waals surface area contributed by atoms with Crippen LogP contribution >= 0.6 is 0 Å². The minimum Gasteiger partial charge on any atom is -0.363 e. The van der Waals surface area contributed by atoms with E-state index >= 15 is 0 Å². The van der Waals surface area contributed by atoms with E-state index in [2.05, 4.69) is 34.0 Å². The molecule has 92 valence electrons. The van der Waals surface area contributed by atoms with Crippen molar-refractivity contribution in [2.24, 2.45) is 5.92 Å². The van der Waals surface area contributed by atoms with E-state index < -0.39 is 0 Å². The summed E-state index contributed by atoms with van der Waals surface area (Å²) >= 11 is 0. The molecule has 4 nitrogen and oxygen atoms in total. The highest BCUT2D eigenvalue weighted by Gasteiger charge is 2.45. The first kappa shape index (κ1) is 11.0. The highest BCUT2D eigenvalue weighted by Crippen LogP contribution is 2.41. The molecule has 0 spiro atoms. The van der Waals surface area contributed by atoms with E-state index in [1.165, 1.54) is 12.8 Å². The summed E-state index contributed by atoms with van der Waals surface area (Å²) in [6.07, 6.45) is 8.18. The lowest BCUT2D eigenvalue weighted by molar-refractivity contribution is 0.260. The molecule has 1 N–H and O–H groups in total. The van der Waals surface area contributed by atoms with Gasteiger partial charge in [0.15, 0.2) is 0 Å². The minimum absolute atomic E-state index is 0.266. The van der Waals surface area contributed by atoms with Gasteiger partial charge in [-0.15, -0.1) is 0 Å². The first-order valence-electron chi connectivity index (χ1n) is 6.46. The molecule has 2 fully saturated rings. The Morgan fingerprint density at radius 1 is 1.35 bits per heavy atom. The summed E-state index contributed by atoms with van der Waals surface area (Å²) in [5.74, 6) is 0.849. The van der Waals surface area contributed by atoms with Crippen molar-refractivity contribution in [3.63, 3.8) is 0 Å². The molecule has 0 aromatic carbocycles. The first-order valence-corrected chi connectivity index (χ1v) is 6.46.